The Morgan fingerprint density at radius 3 is 2.35 bits per heavy atom. The molecular weight excluding hydrogens is 263 g/mol. The highest BCUT2D eigenvalue weighted by molar-refractivity contribution is 5.27. The third-order valence-corrected chi connectivity index (χ3v) is 3.33. The van der Waals surface area contributed by atoms with E-state index in [2.05, 4.69) is 5.32 Å². The zero-order valence-corrected chi connectivity index (χ0v) is 11.4. The molecule has 20 heavy (non-hydrogen) atoms. The lowest BCUT2D eigenvalue weighted by atomic mass is 10.1. The maximum absolute atomic E-state index is 13.6. The Balaban J connectivity index is 2.08. The van der Waals surface area contributed by atoms with Gasteiger partial charge in [-0.15, -0.1) is 0 Å². The van der Waals surface area contributed by atoms with Gasteiger partial charge in [0.05, 0.1) is 0 Å². The van der Waals surface area contributed by atoms with Gasteiger partial charge in [-0.2, -0.15) is 0 Å². The van der Waals surface area contributed by atoms with Gasteiger partial charge in [-0.05, 0) is 55.3 Å². The fourth-order valence-electron chi connectivity index (χ4n) is 2.08. The van der Waals surface area contributed by atoms with E-state index >= 15 is 0 Å². The SMILES string of the molecule is Cc1cc(F)ccc1CNC(C)c1cc(F)ccc1F. The summed E-state index contributed by atoms with van der Waals surface area (Å²) < 4.78 is 39.8. The van der Waals surface area contributed by atoms with Crippen LogP contribution in [0.3, 0.4) is 0 Å². The van der Waals surface area contributed by atoms with Crippen molar-refractivity contribution in [3.05, 3.63) is 70.5 Å². The Labute approximate surface area is 116 Å². The van der Waals surface area contributed by atoms with E-state index in [0.717, 1.165) is 23.3 Å². The van der Waals surface area contributed by atoms with Crippen LogP contribution in [-0.4, -0.2) is 0 Å². The lowest BCUT2D eigenvalue weighted by Crippen LogP contribution is -2.19. The summed E-state index contributed by atoms with van der Waals surface area (Å²) in [6, 6.07) is 7.58. The first-order valence-electron chi connectivity index (χ1n) is 6.40. The molecule has 4 heteroatoms. The summed E-state index contributed by atoms with van der Waals surface area (Å²) in [7, 11) is 0. The maximum atomic E-state index is 13.6. The minimum absolute atomic E-state index is 0.282. The first kappa shape index (κ1) is 14.6. The van der Waals surface area contributed by atoms with Gasteiger partial charge in [0.2, 0.25) is 0 Å². The molecule has 0 saturated heterocycles. The number of aryl methyl sites for hydroxylation is 1. The van der Waals surface area contributed by atoms with Gasteiger partial charge in [-0.1, -0.05) is 6.07 Å². The number of hydrogen-bond donors (Lipinski definition) is 1. The summed E-state index contributed by atoms with van der Waals surface area (Å²) in [5, 5.41) is 3.11. The molecular formula is C16H16F3N. The average Bonchev–Trinajstić information content (AvgIpc) is 2.40. The van der Waals surface area contributed by atoms with Crippen LogP contribution in [0.25, 0.3) is 0 Å². The lowest BCUT2D eigenvalue weighted by Gasteiger charge is -2.16. The van der Waals surface area contributed by atoms with E-state index < -0.39 is 11.6 Å². The fraction of sp³-hybridized carbons (Fsp3) is 0.250. The van der Waals surface area contributed by atoms with Crippen molar-refractivity contribution in [2.45, 2.75) is 26.4 Å². The Kier molecular flexibility index (Phi) is 4.45. The first-order chi connectivity index (χ1) is 9.47. The highest BCUT2D eigenvalue weighted by atomic mass is 19.1. The Morgan fingerprint density at radius 1 is 1.00 bits per heavy atom. The quantitative estimate of drug-likeness (QED) is 0.881. The normalized spacial score (nSPS) is 12.4. The van der Waals surface area contributed by atoms with Gasteiger partial charge < -0.3 is 5.32 Å². The van der Waals surface area contributed by atoms with Crippen LogP contribution in [-0.2, 0) is 6.54 Å². The monoisotopic (exact) mass is 279 g/mol. The van der Waals surface area contributed by atoms with Crippen LogP contribution in [0.1, 0.15) is 29.7 Å². The van der Waals surface area contributed by atoms with Crippen molar-refractivity contribution >= 4 is 0 Å². The number of halogens is 3. The topological polar surface area (TPSA) is 12.0 Å². The minimum atomic E-state index is -0.465. The largest absolute Gasteiger partial charge is 0.306 e. The molecule has 0 fully saturated rings. The van der Waals surface area contributed by atoms with Crippen LogP contribution in [0.4, 0.5) is 13.2 Å². The van der Waals surface area contributed by atoms with Gasteiger partial charge >= 0.3 is 0 Å². The molecule has 1 atom stereocenters. The molecule has 1 N–H and O–H groups in total. The number of hydrogen-bond acceptors (Lipinski definition) is 1. The summed E-state index contributed by atoms with van der Waals surface area (Å²) in [5.74, 6) is -1.19. The summed E-state index contributed by atoms with van der Waals surface area (Å²) in [5.41, 5.74) is 2.03. The van der Waals surface area contributed by atoms with Gasteiger partial charge in [0.1, 0.15) is 17.5 Å². The molecule has 0 aromatic heterocycles. The van der Waals surface area contributed by atoms with Crippen LogP contribution in [0.5, 0.6) is 0 Å². The smallest absolute Gasteiger partial charge is 0.128 e. The lowest BCUT2D eigenvalue weighted by molar-refractivity contribution is 0.517. The fourth-order valence-corrected chi connectivity index (χ4v) is 2.08. The minimum Gasteiger partial charge on any atom is -0.306 e. The molecule has 0 aliphatic rings. The summed E-state index contributed by atoms with van der Waals surface area (Å²) in [4.78, 5) is 0. The first-order valence-corrected chi connectivity index (χ1v) is 6.40. The molecule has 2 rings (SSSR count). The number of nitrogens with one attached hydrogen (secondary N) is 1. The van der Waals surface area contributed by atoms with Crippen LogP contribution < -0.4 is 5.32 Å². The molecule has 2 aromatic rings. The van der Waals surface area contributed by atoms with E-state index in [1.54, 1.807) is 13.0 Å². The molecule has 0 bridgehead atoms. The summed E-state index contributed by atoms with van der Waals surface area (Å²) in [6.07, 6.45) is 0. The molecule has 0 saturated carbocycles. The second-order valence-electron chi connectivity index (χ2n) is 4.84. The molecule has 0 spiro atoms. The van der Waals surface area contributed by atoms with E-state index in [9.17, 15) is 13.2 Å². The predicted molar refractivity (Wildman–Crippen MR) is 72.7 cm³/mol. The van der Waals surface area contributed by atoms with Gasteiger partial charge in [-0.25, -0.2) is 13.2 Å². The van der Waals surface area contributed by atoms with Crippen molar-refractivity contribution in [3.63, 3.8) is 0 Å². The van der Waals surface area contributed by atoms with Gasteiger partial charge in [0.25, 0.3) is 0 Å². The Morgan fingerprint density at radius 2 is 1.65 bits per heavy atom. The summed E-state index contributed by atoms with van der Waals surface area (Å²) >= 11 is 0. The standard InChI is InChI=1S/C16H16F3N/c1-10-7-13(17)4-3-12(10)9-20-11(2)15-8-14(18)5-6-16(15)19/h3-8,11,20H,9H2,1-2H3. The summed E-state index contributed by atoms with van der Waals surface area (Å²) in [6.45, 7) is 4.04. The average molecular weight is 279 g/mol. The third-order valence-electron chi connectivity index (χ3n) is 3.33. The van der Waals surface area contributed by atoms with E-state index in [1.807, 2.05) is 6.92 Å². The zero-order chi connectivity index (χ0) is 14.7. The van der Waals surface area contributed by atoms with Crippen LogP contribution >= 0.6 is 0 Å². The molecule has 0 heterocycles. The molecule has 106 valence electrons. The van der Waals surface area contributed by atoms with E-state index in [0.29, 0.717) is 6.54 Å². The van der Waals surface area contributed by atoms with Gasteiger partial charge in [0.15, 0.2) is 0 Å². The highest BCUT2D eigenvalue weighted by Gasteiger charge is 2.12. The molecule has 0 aliphatic heterocycles. The molecule has 2 aromatic carbocycles. The molecule has 1 nitrogen and oxygen atoms in total. The molecule has 0 amide bonds. The number of benzene rings is 2. The van der Waals surface area contributed by atoms with Crippen molar-refractivity contribution in [2.75, 3.05) is 0 Å². The van der Waals surface area contributed by atoms with Gasteiger partial charge in [-0.3, -0.25) is 0 Å². The van der Waals surface area contributed by atoms with Crippen LogP contribution in [0.2, 0.25) is 0 Å². The van der Waals surface area contributed by atoms with Crippen molar-refractivity contribution in [2.24, 2.45) is 0 Å². The second-order valence-corrected chi connectivity index (χ2v) is 4.84. The van der Waals surface area contributed by atoms with Crippen molar-refractivity contribution in [3.8, 4) is 0 Å². The third kappa shape index (κ3) is 3.39. The Hall–Kier alpha value is -1.81. The van der Waals surface area contributed by atoms with E-state index in [1.165, 1.54) is 18.2 Å². The molecule has 0 radical (unpaired) electrons. The second kappa shape index (κ2) is 6.09. The van der Waals surface area contributed by atoms with Crippen LogP contribution in [0.15, 0.2) is 36.4 Å². The van der Waals surface area contributed by atoms with Gasteiger partial charge in [0, 0.05) is 18.2 Å². The highest BCUT2D eigenvalue weighted by Crippen LogP contribution is 2.19. The number of rotatable bonds is 4. The van der Waals surface area contributed by atoms with Crippen molar-refractivity contribution in [1.29, 1.82) is 0 Å². The van der Waals surface area contributed by atoms with E-state index in [-0.39, 0.29) is 17.4 Å². The molecule has 1 unspecified atom stereocenters. The van der Waals surface area contributed by atoms with Crippen molar-refractivity contribution in [1.82, 2.24) is 5.32 Å². The zero-order valence-electron chi connectivity index (χ0n) is 11.4. The van der Waals surface area contributed by atoms with Crippen LogP contribution in [0, 0.1) is 24.4 Å². The van der Waals surface area contributed by atoms with E-state index in [4.69, 9.17) is 0 Å². The Bertz CT molecular complexity index is 611. The predicted octanol–water partition coefficient (Wildman–Crippen LogP) is 4.26. The van der Waals surface area contributed by atoms with Crippen molar-refractivity contribution < 1.29 is 13.2 Å². The molecule has 0 aliphatic carbocycles. The maximum Gasteiger partial charge on any atom is 0.128 e.